The van der Waals surface area contributed by atoms with Crippen LogP contribution in [0.2, 0.25) is 0 Å². The predicted octanol–water partition coefficient (Wildman–Crippen LogP) is 6.74. The van der Waals surface area contributed by atoms with Crippen molar-refractivity contribution in [1.29, 1.82) is 0 Å². The zero-order chi connectivity index (χ0) is 36.1. The van der Waals surface area contributed by atoms with Crippen molar-refractivity contribution in [1.82, 2.24) is 15.0 Å². The number of nitrogens with zero attached hydrogens (tertiary/aromatic N) is 4. The van der Waals surface area contributed by atoms with Crippen molar-refractivity contribution in [3.63, 3.8) is 0 Å². The Bertz CT molecular complexity index is 1670. The molecule has 12 nitrogen and oxygen atoms in total. The molecule has 4 rings (SSSR count). The van der Waals surface area contributed by atoms with Crippen LogP contribution >= 0.6 is 0 Å². The van der Waals surface area contributed by atoms with E-state index in [1.54, 1.807) is 13.8 Å². The lowest BCUT2D eigenvalue weighted by molar-refractivity contribution is -0.144. The number of hydrogen-bond acceptors (Lipinski definition) is 9. The van der Waals surface area contributed by atoms with Crippen molar-refractivity contribution in [3.8, 4) is 5.75 Å². The van der Waals surface area contributed by atoms with Crippen molar-refractivity contribution in [2.45, 2.75) is 70.4 Å². The van der Waals surface area contributed by atoms with Gasteiger partial charge in [-0.15, -0.1) is 0 Å². The molecule has 3 N–H and O–H groups in total. The molecule has 0 radical (unpaired) electrons. The van der Waals surface area contributed by atoms with E-state index in [2.05, 4.69) is 20.3 Å². The molecule has 18 heteroatoms. The molecule has 1 aliphatic rings. The highest BCUT2D eigenvalue weighted by molar-refractivity contribution is 5.90. The van der Waals surface area contributed by atoms with Gasteiger partial charge in [-0.2, -0.15) is 26.3 Å². The van der Waals surface area contributed by atoms with Gasteiger partial charge >= 0.3 is 30.4 Å². The van der Waals surface area contributed by atoms with E-state index in [1.807, 2.05) is 0 Å². The number of aromatic nitrogens is 3. The molecule has 1 aromatic carbocycles. The molecular formula is C31H31F6N5O7. The fourth-order valence-corrected chi connectivity index (χ4v) is 5.29. The Morgan fingerprint density at radius 1 is 1.00 bits per heavy atom. The van der Waals surface area contributed by atoms with Gasteiger partial charge in [0.2, 0.25) is 5.95 Å². The molecule has 264 valence electrons. The molecule has 0 saturated carbocycles. The Hall–Kier alpha value is -5.16. The van der Waals surface area contributed by atoms with Crippen LogP contribution in [0.1, 0.15) is 84.1 Å². The van der Waals surface area contributed by atoms with Gasteiger partial charge in [0.25, 0.3) is 0 Å². The van der Waals surface area contributed by atoms with E-state index >= 15 is 0 Å². The van der Waals surface area contributed by atoms with Gasteiger partial charge in [0, 0.05) is 18.9 Å². The van der Waals surface area contributed by atoms with E-state index < -0.39 is 60.0 Å². The third kappa shape index (κ3) is 9.05. The Labute approximate surface area is 275 Å². The van der Waals surface area contributed by atoms with Crippen LogP contribution in [0, 0.1) is 0 Å². The zero-order valence-electron chi connectivity index (χ0n) is 26.1. The lowest BCUT2D eigenvalue weighted by Gasteiger charge is -2.38. The van der Waals surface area contributed by atoms with Crippen molar-refractivity contribution < 1.29 is 60.4 Å². The maximum atomic E-state index is 13.6. The van der Waals surface area contributed by atoms with Gasteiger partial charge in [-0.1, -0.05) is 6.92 Å². The van der Waals surface area contributed by atoms with E-state index in [0.29, 0.717) is 18.6 Å². The largest absolute Gasteiger partial charge is 0.490 e. The lowest BCUT2D eigenvalue weighted by atomic mass is 9.93. The van der Waals surface area contributed by atoms with E-state index in [1.165, 1.54) is 6.07 Å². The number of carbonyl (C=O) groups excluding carboxylic acids is 1. The SMILES string of the molecule is CCOC(=O)CCCOc1cnc(N[C@H]2C[C@@H](CC)N(C(=O)O)c3ccc(C(=O)O)nc32)nc1Cc1cc(C(F)(F)F)cc(C(F)(F)F)c1. The second kappa shape index (κ2) is 14.9. The summed E-state index contributed by atoms with van der Waals surface area (Å²) >= 11 is 0. The molecule has 3 aromatic rings. The number of carboxylic acid groups (broad SMARTS) is 2. The molecule has 2 atom stereocenters. The van der Waals surface area contributed by atoms with Gasteiger partial charge in [-0.05, 0) is 62.1 Å². The second-order valence-corrected chi connectivity index (χ2v) is 10.9. The number of nitrogens with one attached hydrogen (secondary N) is 1. The highest BCUT2D eigenvalue weighted by Gasteiger charge is 2.39. The molecule has 3 heterocycles. The van der Waals surface area contributed by atoms with Crippen LogP contribution in [0.5, 0.6) is 5.75 Å². The molecule has 2 aromatic heterocycles. The Morgan fingerprint density at radius 3 is 2.24 bits per heavy atom. The third-order valence-corrected chi connectivity index (χ3v) is 7.50. The minimum Gasteiger partial charge on any atom is -0.490 e. The van der Waals surface area contributed by atoms with Gasteiger partial charge in [-0.3, -0.25) is 9.69 Å². The Balaban J connectivity index is 1.74. The molecule has 0 spiro atoms. The summed E-state index contributed by atoms with van der Waals surface area (Å²) in [6.45, 7) is 3.44. The van der Waals surface area contributed by atoms with Gasteiger partial charge in [0.05, 0.1) is 53.7 Å². The number of pyridine rings is 1. The summed E-state index contributed by atoms with van der Waals surface area (Å²) in [7, 11) is 0. The number of anilines is 2. The molecule has 0 saturated heterocycles. The monoisotopic (exact) mass is 699 g/mol. The van der Waals surface area contributed by atoms with E-state index in [9.17, 15) is 50.9 Å². The fourth-order valence-electron chi connectivity index (χ4n) is 5.29. The number of ether oxygens (including phenoxy) is 2. The van der Waals surface area contributed by atoms with Gasteiger partial charge < -0.3 is 25.0 Å². The topological polar surface area (TPSA) is 164 Å². The summed E-state index contributed by atoms with van der Waals surface area (Å²) < 4.78 is 92.1. The number of carbonyl (C=O) groups is 3. The van der Waals surface area contributed by atoms with Crippen LogP contribution < -0.4 is 15.0 Å². The smallest absolute Gasteiger partial charge is 0.416 e. The number of halogens is 6. The number of benzene rings is 1. The summed E-state index contributed by atoms with van der Waals surface area (Å²) in [5.74, 6) is -2.12. The zero-order valence-corrected chi connectivity index (χ0v) is 26.1. The highest BCUT2D eigenvalue weighted by Crippen LogP contribution is 2.40. The molecule has 0 aliphatic carbocycles. The highest BCUT2D eigenvalue weighted by atomic mass is 19.4. The van der Waals surface area contributed by atoms with Crippen LogP contribution in [0.15, 0.2) is 36.5 Å². The summed E-state index contributed by atoms with van der Waals surface area (Å²) in [4.78, 5) is 49.3. The average Bonchev–Trinajstić information content (AvgIpc) is 3.02. The summed E-state index contributed by atoms with van der Waals surface area (Å²) in [5.41, 5.74) is -3.75. The van der Waals surface area contributed by atoms with Gasteiger partial charge in [0.15, 0.2) is 5.75 Å². The van der Waals surface area contributed by atoms with Gasteiger partial charge in [-0.25, -0.2) is 24.5 Å². The summed E-state index contributed by atoms with van der Waals surface area (Å²) in [5, 5.41) is 22.4. The number of aromatic carboxylic acids is 1. The third-order valence-electron chi connectivity index (χ3n) is 7.50. The van der Waals surface area contributed by atoms with Crippen LogP contribution in [0.4, 0.5) is 42.8 Å². The second-order valence-electron chi connectivity index (χ2n) is 10.9. The molecule has 0 bridgehead atoms. The first-order chi connectivity index (χ1) is 23.0. The standard InChI is InChI=1S/C31H31F6N5O7/c1-3-19-14-22(26-23(42(19)29(46)47)8-7-20(39-26)27(44)45)41-28-38-15-24(49-9-5-6-25(43)48-4-2)21(40-28)12-16-10-17(30(32,33)34)13-18(11-16)31(35,36)37/h7-8,10-11,13,15,19,22H,3-6,9,12,14H2,1-2H3,(H,44,45)(H,46,47)(H,38,40,41)/t19-,22+/m1/s1. The van der Waals surface area contributed by atoms with Crippen molar-refractivity contribution in [2.24, 2.45) is 0 Å². The normalized spacial score (nSPS) is 16.1. The van der Waals surface area contributed by atoms with Gasteiger partial charge in [0.1, 0.15) is 5.69 Å². The molecule has 49 heavy (non-hydrogen) atoms. The van der Waals surface area contributed by atoms with Crippen molar-refractivity contribution in [3.05, 3.63) is 70.3 Å². The maximum Gasteiger partial charge on any atom is 0.416 e. The summed E-state index contributed by atoms with van der Waals surface area (Å²) in [6, 6.07) is 2.15. The predicted molar refractivity (Wildman–Crippen MR) is 159 cm³/mol. The fraction of sp³-hybridized carbons (Fsp3) is 0.419. The number of esters is 1. The van der Waals surface area contributed by atoms with Crippen LogP contribution in [0.3, 0.4) is 0 Å². The van der Waals surface area contributed by atoms with Crippen LogP contribution in [-0.2, 0) is 28.3 Å². The molecule has 1 amide bonds. The van der Waals surface area contributed by atoms with Crippen molar-refractivity contribution in [2.75, 3.05) is 23.4 Å². The first kappa shape index (κ1) is 36.7. The number of amides is 1. The van der Waals surface area contributed by atoms with E-state index in [4.69, 9.17) is 9.47 Å². The first-order valence-electron chi connectivity index (χ1n) is 15.0. The van der Waals surface area contributed by atoms with E-state index in [-0.39, 0.29) is 78.6 Å². The first-order valence-corrected chi connectivity index (χ1v) is 15.0. The number of rotatable bonds is 12. The molecule has 0 unspecified atom stereocenters. The van der Waals surface area contributed by atoms with Crippen LogP contribution in [-0.4, -0.2) is 62.5 Å². The summed E-state index contributed by atoms with van der Waals surface area (Å²) in [6.07, 6.45) is -10.3. The quantitative estimate of drug-likeness (QED) is 0.104. The number of fused-ring (bicyclic) bond motifs is 1. The Kier molecular flexibility index (Phi) is 11.2. The average molecular weight is 700 g/mol. The number of carboxylic acids is 1. The molecule has 1 aliphatic heterocycles. The molecular weight excluding hydrogens is 668 g/mol. The minimum atomic E-state index is -5.09. The lowest BCUT2D eigenvalue weighted by Crippen LogP contribution is -2.45. The number of alkyl halides is 6. The van der Waals surface area contributed by atoms with Crippen molar-refractivity contribution >= 4 is 29.7 Å². The molecule has 0 fully saturated rings. The van der Waals surface area contributed by atoms with E-state index in [0.717, 1.165) is 17.2 Å². The van der Waals surface area contributed by atoms with Crippen LogP contribution in [0.25, 0.3) is 0 Å². The maximum absolute atomic E-state index is 13.6. The minimum absolute atomic E-state index is 0.00667. The number of hydrogen-bond donors (Lipinski definition) is 3. The Morgan fingerprint density at radius 2 is 1.67 bits per heavy atom.